The van der Waals surface area contributed by atoms with Crippen molar-refractivity contribution in [3.8, 4) is 0 Å². The molecule has 0 aromatic carbocycles. The van der Waals surface area contributed by atoms with Crippen LogP contribution in [0.1, 0.15) is 62.5 Å². The van der Waals surface area contributed by atoms with Crippen LogP contribution in [0.4, 0.5) is 22.2 Å². The number of nitrogens with two attached hydrogens (primary N) is 1. The molecule has 10 nitrogen and oxygen atoms in total. The van der Waals surface area contributed by atoms with Crippen molar-refractivity contribution < 1.29 is 14.3 Å². The van der Waals surface area contributed by atoms with Crippen molar-refractivity contribution in [3.63, 3.8) is 0 Å². The first kappa shape index (κ1) is 22.8. The molecular formula is C23H31N7O3. The standard InChI is InChI=1S/C23H31N7O3/c1-14-13-29(22(32)33-23(2,3)4)9-10-30(14)21-26-12-17(19(24)31)20(28-21)27-16-7-8-18(25-11-16)15-5-6-15/h7-8,11-12,14-15H,5-6,9-10,13H2,1-4H3,(H2,24,31)(H,26,27,28). The highest BCUT2D eigenvalue weighted by Gasteiger charge is 2.31. The van der Waals surface area contributed by atoms with Crippen LogP contribution in [-0.4, -0.2) is 63.1 Å². The van der Waals surface area contributed by atoms with Crippen molar-refractivity contribution in [2.24, 2.45) is 5.73 Å². The zero-order valence-corrected chi connectivity index (χ0v) is 19.5. The van der Waals surface area contributed by atoms with Crippen molar-refractivity contribution in [1.29, 1.82) is 0 Å². The summed E-state index contributed by atoms with van der Waals surface area (Å²) >= 11 is 0. The highest BCUT2D eigenvalue weighted by Crippen LogP contribution is 2.39. The monoisotopic (exact) mass is 453 g/mol. The van der Waals surface area contributed by atoms with E-state index < -0.39 is 11.5 Å². The van der Waals surface area contributed by atoms with Crippen molar-refractivity contribution in [2.75, 3.05) is 29.9 Å². The number of primary amides is 1. The van der Waals surface area contributed by atoms with Gasteiger partial charge in [-0.15, -0.1) is 0 Å². The van der Waals surface area contributed by atoms with Gasteiger partial charge in [0.25, 0.3) is 5.91 Å². The fraction of sp³-hybridized carbons (Fsp3) is 0.522. The lowest BCUT2D eigenvalue weighted by Gasteiger charge is -2.40. The van der Waals surface area contributed by atoms with E-state index in [0.29, 0.717) is 43.0 Å². The second kappa shape index (κ2) is 8.84. The normalized spacial score (nSPS) is 18.7. The first-order chi connectivity index (χ1) is 15.6. The zero-order valence-electron chi connectivity index (χ0n) is 19.5. The van der Waals surface area contributed by atoms with Crippen LogP contribution in [0.25, 0.3) is 0 Å². The number of rotatable bonds is 5. The van der Waals surface area contributed by atoms with E-state index in [2.05, 4.69) is 20.3 Å². The third-order valence-electron chi connectivity index (χ3n) is 5.62. The molecule has 1 saturated carbocycles. The average Bonchev–Trinajstić information content (AvgIpc) is 3.58. The van der Waals surface area contributed by atoms with E-state index in [1.54, 1.807) is 11.1 Å². The minimum absolute atomic E-state index is 0.0435. The van der Waals surface area contributed by atoms with Crippen molar-refractivity contribution in [1.82, 2.24) is 19.9 Å². The molecule has 3 heterocycles. The molecule has 1 aliphatic carbocycles. The van der Waals surface area contributed by atoms with Gasteiger partial charge in [-0.1, -0.05) is 0 Å². The van der Waals surface area contributed by atoms with Gasteiger partial charge in [-0.3, -0.25) is 9.78 Å². The molecule has 2 aromatic rings. The number of hydrogen-bond acceptors (Lipinski definition) is 8. The smallest absolute Gasteiger partial charge is 0.410 e. The SMILES string of the molecule is CC1CN(C(=O)OC(C)(C)C)CCN1c1ncc(C(N)=O)c(Nc2ccc(C3CC3)nc2)n1. The molecule has 2 aromatic heterocycles. The third-order valence-corrected chi connectivity index (χ3v) is 5.62. The van der Waals surface area contributed by atoms with Gasteiger partial charge in [-0.05, 0) is 52.7 Å². The number of carbonyl (C=O) groups is 2. The Morgan fingerprint density at radius 2 is 1.91 bits per heavy atom. The summed E-state index contributed by atoms with van der Waals surface area (Å²) in [5.74, 6) is 0.734. The predicted molar refractivity (Wildman–Crippen MR) is 125 cm³/mol. The minimum atomic E-state index is -0.616. The van der Waals surface area contributed by atoms with E-state index in [4.69, 9.17) is 10.5 Å². The summed E-state index contributed by atoms with van der Waals surface area (Å²) in [5.41, 5.74) is 7.00. The molecule has 33 heavy (non-hydrogen) atoms. The van der Waals surface area contributed by atoms with Crippen LogP contribution in [0.15, 0.2) is 24.5 Å². The second-order valence-corrected chi connectivity index (χ2v) is 9.64. The number of carbonyl (C=O) groups excluding carboxylic acids is 2. The zero-order chi connectivity index (χ0) is 23.8. The Bertz CT molecular complexity index is 1030. The molecule has 1 atom stereocenters. The number of piperazine rings is 1. The number of hydrogen-bond donors (Lipinski definition) is 2. The Kier molecular flexibility index (Phi) is 6.09. The van der Waals surface area contributed by atoms with Gasteiger partial charge in [0.15, 0.2) is 0 Å². The molecule has 3 N–H and O–H groups in total. The number of nitrogens with one attached hydrogen (secondary N) is 1. The van der Waals surface area contributed by atoms with Gasteiger partial charge in [0.1, 0.15) is 17.0 Å². The van der Waals surface area contributed by atoms with Crippen molar-refractivity contribution in [2.45, 2.75) is 58.1 Å². The highest BCUT2D eigenvalue weighted by molar-refractivity contribution is 5.98. The molecular weight excluding hydrogens is 422 g/mol. The number of nitrogens with zero attached hydrogens (tertiary/aromatic N) is 5. The van der Waals surface area contributed by atoms with Gasteiger partial charge in [0, 0.05) is 43.5 Å². The first-order valence-corrected chi connectivity index (χ1v) is 11.2. The lowest BCUT2D eigenvalue weighted by Crippen LogP contribution is -2.55. The Morgan fingerprint density at radius 1 is 1.15 bits per heavy atom. The number of amides is 2. The highest BCUT2D eigenvalue weighted by atomic mass is 16.6. The Labute approximate surface area is 193 Å². The van der Waals surface area contributed by atoms with Crippen LogP contribution in [0.5, 0.6) is 0 Å². The van der Waals surface area contributed by atoms with Gasteiger partial charge in [0.05, 0.1) is 11.9 Å². The van der Waals surface area contributed by atoms with E-state index in [-0.39, 0.29) is 17.7 Å². The number of anilines is 3. The van der Waals surface area contributed by atoms with Gasteiger partial charge in [-0.2, -0.15) is 4.98 Å². The fourth-order valence-corrected chi connectivity index (χ4v) is 3.77. The minimum Gasteiger partial charge on any atom is -0.444 e. The lowest BCUT2D eigenvalue weighted by molar-refractivity contribution is 0.0218. The predicted octanol–water partition coefficient (Wildman–Crippen LogP) is 3.04. The van der Waals surface area contributed by atoms with Crippen molar-refractivity contribution >= 4 is 29.5 Å². The van der Waals surface area contributed by atoms with Crippen LogP contribution in [0.2, 0.25) is 0 Å². The maximum absolute atomic E-state index is 12.4. The fourth-order valence-electron chi connectivity index (χ4n) is 3.77. The summed E-state index contributed by atoms with van der Waals surface area (Å²) in [6.45, 7) is 9.04. The van der Waals surface area contributed by atoms with Crippen LogP contribution in [0, 0.1) is 0 Å². The van der Waals surface area contributed by atoms with E-state index in [9.17, 15) is 9.59 Å². The third kappa shape index (κ3) is 5.50. The van der Waals surface area contributed by atoms with Crippen molar-refractivity contribution in [3.05, 3.63) is 35.8 Å². The topological polar surface area (TPSA) is 127 Å². The molecule has 0 radical (unpaired) electrons. The largest absolute Gasteiger partial charge is 0.444 e. The molecule has 0 spiro atoms. The molecule has 2 amide bonds. The maximum atomic E-state index is 12.4. The Balaban J connectivity index is 1.50. The van der Waals surface area contributed by atoms with Gasteiger partial charge in [0.2, 0.25) is 5.95 Å². The van der Waals surface area contributed by atoms with Gasteiger partial charge < -0.3 is 25.6 Å². The molecule has 2 fully saturated rings. The summed E-state index contributed by atoms with van der Waals surface area (Å²) in [6, 6.07) is 3.87. The second-order valence-electron chi connectivity index (χ2n) is 9.64. The number of aromatic nitrogens is 3. The summed E-state index contributed by atoms with van der Waals surface area (Å²) in [5, 5.41) is 3.16. The summed E-state index contributed by atoms with van der Waals surface area (Å²) in [4.78, 5) is 41.6. The van der Waals surface area contributed by atoms with Crippen LogP contribution in [0.3, 0.4) is 0 Å². The Hall–Kier alpha value is -3.43. The van der Waals surface area contributed by atoms with Gasteiger partial charge >= 0.3 is 6.09 Å². The van der Waals surface area contributed by atoms with E-state index in [1.165, 1.54) is 19.0 Å². The molecule has 1 saturated heterocycles. The van der Waals surface area contributed by atoms with Crippen LogP contribution < -0.4 is 16.0 Å². The van der Waals surface area contributed by atoms with E-state index in [1.807, 2.05) is 44.7 Å². The molecule has 0 bridgehead atoms. The summed E-state index contributed by atoms with van der Waals surface area (Å²) < 4.78 is 5.49. The number of pyridine rings is 1. The quantitative estimate of drug-likeness (QED) is 0.707. The van der Waals surface area contributed by atoms with Gasteiger partial charge in [-0.25, -0.2) is 9.78 Å². The number of ether oxygens (including phenoxy) is 1. The molecule has 1 unspecified atom stereocenters. The molecule has 2 aliphatic rings. The molecule has 4 rings (SSSR count). The average molecular weight is 454 g/mol. The summed E-state index contributed by atoms with van der Waals surface area (Å²) in [6.07, 6.45) is 5.21. The Morgan fingerprint density at radius 3 is 2.48 bits per heavy atom. The molecule has 10 heteroatoms. The van der Waals surface area contributed by atoms with Crippen LogP contribution >= 0.6 is 0 Å². The summed E-state index contributed by atoms with van der Waals surface area (Å²) in [7, 11) is 0. The first-order valence-electron chi connectivity index (χ1n) is 11.2. The maximum Gasteiger partial charge on any atom is 0.410 e. The molecule has 1 aliphatic heterocycles. The van der Waals surface area contributed by atoms with Crippen LogP contribution in [-0.2, 0) is 4.74 Å². The van der Waals surface area contributed by atoms with E-state index in [0.717, 1.165) is 5.69 Å². The molecule has 176 valence electrons. The van der Waals surface area contributed by atoms with E-state index >= 15 is 0 Å². The lowest BCUT2D eigenvalue weighted by atomic mass is 10.2.